The van der Waals surface area contributed by atoms with Gasteiger partial charge in [0.2, 0.25) is 0 Å². The molecule has 0 unspecified atom stereocenters. The topological polar surface area (TPSA) is 66.4 Å². The molecule has 0 saturated carbocycles. The number of rotatable bonds is 6. The molecular formula is C16H12F3NO3S. The molecule has 1 aromatic carbocycles. The van der Waals surface area contributed by atoms with Crippen LogP contribution in [0, 0.1) is 12.7 Å². The molecule has 1 aromatic heterocycles. The van der Waals surface area contributed by atoms with Gasteiger partial charge in [0.15, 0.2) is 0 Å². The smallest absolute Gasteiger partial charge is 0.404 e. The number of aliphatic carboxylic acids is 1. The number of benzene rings is 1. The van der Waals surface area contributed by atoms with Crippen molar-refractivity contribution in [2.75, 3.05) is 5.32 Å². The summed E-state index contributed by atoms with van der Waals surface area (Å²) in [6.45, 7) is 1.72. The highest BCUT2D eigenvalue weighted by Crippen LogP contribution is 2.26. The van der Waals surface area contributed by atoms with E-state index in [0.29, 0.717) is 22.5 Å². The van der Waals surface area contributed by atoms with Crippen molar-refractivity contribution in [3.8, 4) is 0 Å². The van der Waals surface area contributed by atoms with Crippen LogP contribution in [0.5, 0.6) is 0 Å². The molecule has 126 valence electrons. The first-order chi connectivity index (χ1) is 11.2. The van der Waals surface area contributed by atoms with Crippen molar-refractivity contribution in [1.29, 1.82) is 0 Å². The van der Waals surface area contributed by atoms with E-state index in [2.05, 4.69) is 5.32 Å². The van der Waals surface area contributed by atoms with Crippen LogP contribution in [0.3, 0.4) is 0 Å². The van der Waals surface area contributed by atoms with Crippen molar-refractivity contribution in [3.63, 3.8) is 0 Å². The second-order valence-electron chi connectivity index (χ2n) is 4.86. The highest BCUT2D eigenvalue weighted by molar-refractivity contribution is 7.12. The molecule has 0 aliphatic carbocycles. The number of hydrogen-bond donors (Lipinski definition) is 2. The monoisotopic (exact) mass is 355 g/mol. The van der Waals surface area contributed by atoms with Gasteiger partial charge in [0.1, 0.15) is 5.82 Å². The minimum absolute atomic E-state index is 0.276. The predicted octanol–water partition coefficient (Wildman–Crippen LogP) is 4.18. The van der Waals surface area contributed by atoms with Gasteiger partial charge in [-0.15, -0.1) is 11.3 Å². The third-order valence-corrected chi connectivity index (χ3v) is 4.07. The van der Waals surface area contributed by atoms with E-state index in [1.807, 2.05) is 0 Å². The number of Topliss-reactive ketones (excluding diaryl/α,β-unsaturated/α-hetero) is 1. The summed E-state index contributed by atoms with van der Waals surface area (Å²) in [5, 5.41) is 12.5. The molecule has 0 aliphatic heterocycles. The first-order valence-corrected chi connectivity index (χ1v) is 7.54. The lowest BCUT2D eigenvalue weighted by Crippen LogP contribution is -2.37. The molecule has 0 amide bonds. The minimum Gasteiger partial charge on any atom is -0.476 e. The molecule has 2 rings (SSSR count). The Bertz CT molecular complexity index is 794. The van der Waals surface area contributed by atoms with E-state index in [-0.39, 0.29) is 10.6 Å². The molecule has 2 aromatic rings. The number of anilines is 1. The fraction of sp³-hybridized carbons (Fsp3) is 0.125. The summed E-state index contributed by atoms with van der Waals surface area (Å²) in [6.07, 6.45) is 2.86. The number of nitrogens with one attached hydrogen (secondary N) is 1. The van der Waals surface area contributed by atoms with E-state index >= 15 is 0 Å². The van der Waals surface area contributed by atoms with Gasteiger partial charge < -0.3 is 10.4 Å². The van der Waals surface area contributed by atoms with Crippen LogP contribution in [0.4, 0.5) is 18.9 Å². The van der Waals surface area contributed by atoms with E-state index in [1.54, 1.807) is 19.1 Å². The molecule has 1 heterocycles. The van der Waals surface area contributed by atoms with Crippen LogP contribution >= 0.6 is 11.3 Å². The molecule has 24 heavy (non-hydrogen) atoms. The number of halogens is 3. The lowest BCUT2D eigenvalue weighted by Gasteiger charge is -2.07. The molecule has 2 N–H and O–H groups in total. The fourth-order valence-corrected chi connectivity index (χ4v) is 2.69. The van der Waals surface area contributed by atoms with Gasteiger partial charge in [0, 0.05) is 6.20 Å². The second kappa shape index (κ2) is 6.88. The zero-order valence-corrected chi connectivity index (χ0v) is 13.2. The first-order valence-electron chi connectivity index (χ1n) is 6.66. The van der Waals surface area contributed by atoms with Gasteiger partial charge in [0.05, 0.1) is 10.6 Å². The Labute approximate surface area is 139 Å². The average molecular weight is 355 g/mol. The second-order valence-corrected chi connectivity index (χ2v) is 5.77. The number of alkyl halides is 2. The van der Waals surface area contributed by atoms with Crippen LogP contribution in [-0.2, 0) is 4.79 Å². The van der Waals surface area contributed by atoms with Crippen molar-refractivity contribution in [2.24, 2.45) is 0 Å². The van der Waals surface area contributed by atoms with Gasteiger partial charge in [0.25, 0.3) is 5.78 Å². The number of carboxylic acids is 1. The Morgan fingerprint density at radius 1 is 1.33 bits per heavy atom. The maximum absolute atomic E-state index is 13.6. The van der Waals surface area contributed by atoms with E-state index in [1.165, 1.54) is 23.7 Å². The third kappa shape index (κ3) is 3.65. The zero-order valence-electron chi connectivity index (χ0n) is 12.3. The Morgan fingerprint density at radius 2 is 2.04 bits per heavy atom. The number of carbonyl (C=O) groups is 2. The largest absolute Gasteiger partial charge is 0.476 e. The number of aryl methyl sites for hydroxylation is 1. The SMILES string of the molecule is Cc1cccc(F)c1N/C=C/c1csc(C(=O)C(F)(F)C(=O)O)c1. The van der Waals surface area contributed by atoms with Crippen LogP contribution in [0.25, 0.3) is 6.08 Å². The standard InChI is InChI=1S/C16H12F3NO3S/c1-9-3-2-4-11(17)13(9)20-6-5-10-7-12(24-8-10)14(21)16(18,19)15(22)23/h2-8,20H,1H3,(H,22,23)/b6-5+. The summed E-state index contributed by atoms with van der Waals surface area (Å²) in [5.41, 5.74) is 1.37. The van der Waals surface area contributed by atoms with E-state index in [0.717, 1.165) is 6.07 Å². The summed E-state index contributed by atoms with van der Waals surface area (Å²) < 4.78 is 40.0. The number of thiophene rings is 1. The number of carboxylic acid groups (broad SMARTS) is 1. The van der Waals surface area contributed by atoms with Crippen molar-refractivity contribution >= 4 is 34.9 Å². The lowest BCUT2D eigenvalue weighted by atomic mass is 10.1. The highest BCUT2D eigenvalue weighted by atomic mass is 32.1. The minimum atomic E-state index is -4.46. The third-order valence-electron chi connectivity index (χ3n) is 3.12. The number of carbonyl (C=O) groups excluding carboxylic acids is 1. The van der Waals surface area contributed by atoms with E-state index in [9.17, 15) is 22.8 Å². The van der Waals surface area contributed by atoms with Crippen LogP contribution in [0.2, 0.25) is 0 Å². The van der Waals surface area contributed by atoms with E-state index < -0.39 is 23.5 Å². The summed E-state index contributed by atoms with van der Waals surface area (Å²) >= 11 is 0.709. The van der Waals surface area contributed by atoms with Crippen molar-refractivity contribution in [3.05, 3.63) is 57.7 Å². The van der Waals surface area contributed by atoms with Gasteiger partial charge in [-0.25, -0.2) is 9.18 Å². The molecule has 0 radical (unpaired) electrons. The van der Waals surface area contributed by atoms with Crippen molar-refractivity contribution in [1.82, 2.24) is 0 Å². The molecule has 8 heteroatoms. The summed E-state index contributed by atoms with van der Waals surface area (Å²) in [4.78, 5) is 21.5. The normalized spacial score (nSPS) is 11.7. The molecule has 0 spiro atoms. The molecule has 0 atom stereocenters. The van der Waals surface area contributed by atoms with Crippen LogP contribution in [0.15, 0.2) is 35.8 Å². The summed E-state index contributed by atoms with van der Waals surface area (Å²) in [5.74, 6) is -9.16. The molecule has 0 bridgehead atoms. The number of para-hydroxylation sites is 1. The molecule has 0 saturated heterocycles. The van der Waals surface area contributed by atoms with Gasteiger partial charge in [-0.3, -0.25) is 4.79 Å². The molecule has 0 aliphatic rings. The maximum Gasteiger partial charge on any atom is 0.404 e. The highest BCUT2D eigenvalue weighted by Gasteiger charge is 2.48. The van der Waals surface area contributed by atoms with Crippen molar-refractivity contribution in [2.45, 2.75) is 12.8 Å². The van der Waals surface area contributed by atoms with Crippen molar-refractivity contribution < 1.29 is 27.9 Å². The predicted molar refractivity (Wildman–Crippen MR) is 85.0 cm³/mol. The molecule has 4 nitrogen and oxygen atoms in total. The van der Waals surface area contributed by atoms with Gasteiger partial charge in [-0.1, -0.05) is 12.1 Å². The summed E-state index contributed by atoms with van der Waals surface area (Å²) in [7, 11) is 0. The number of ketones is 1. The lowest BCUT2D eigenvalue weighted by molar-refractivity contribution is -0.157. The van der Waals surface area contributed by atoms with E-state index in [4.69, 9.17) is 5.11 Å². The Balaban J connectivity index is 2.12. The Hall–Kier alpha value is -2.61. The summed E-state index contributed by atoms with van der Waals surface area (Å²) in [6, 6.07) is 5.72. The van der Waals surface area contributed by atoms with Gasteiger partial charge in [-0.2, -0.15) is 8.78 Å². The van der Waals surface area contributed by atoms with Gasteiger partial charge >= 0.3 is 11.9 Å². The quantitative estimate of drug-likeness (QED) is 0.603. The Kier molecular flexibility index (Phi) is 5.08. The first kappa shape index (κ1) is 17.7. The van der Waals surface area contributed by atoms with Gasteiger partial charge in [-0.05, 0) is 41.6 Å². The molecular weight excluding hydrogens is 343 g/mol. The maximum atomic E-state index is 13.6. The molecule has 0 fully saturated rings. The van der Waals surface area contributed by atoms with Crippen LogP contribution < -0.4 is 5.32 Å². The average Bonchev–Trinajstić information content (AvgIpc) is 2.98. The van der Waals surface area contributed by atoms with Crippen LogP contribution in [-0.4, -0.2) is 22.8 Å². The fourth-order valence-electron chi connectivity index (χ4n) is 1.85. The number of hydrogen-bond acceptors (Lipinski definition) is 4. The Morgan fingerprint density at radius 3 is 2.67 bits per heavy atom. The van der Waals surface area contributed by atoms with Crippen LogP contribution in [0.1, 0.15) is 20.8 Å². The zero-order chi connectivity index (χ0) is 17.9.